The quantitative estimate of drug-likeness (QED) is 0.695. The van der Waals surface area contributed by atoms with Crippen LogP contribution in [0.2, 0.25) is 0 Å². The predicted octanol–water partition coefficient (Wildman–Crippen LogP) is 3.12. The Bertz CT molecular complexity index is 170. The van der Waals surface area contributed by atoms with Crippen molar-refractivity contribution in [3.05, 3.63) is 0 Å². The van der Waals surface area contributed by atoms with Crippen LogP contribution in [-0.2, 0) is 0 Å². The van der Waals surface area contributed by atoms with E-state index in [0.29, 0.717) is 5.92 Å². The number of rotatable bonds is 2. The van der Waals surface area contributed by atoms with Gasteiger partial charge in [-0.2, -0.15) is 0 Å². The molecule has 0 heterocycles. The molecule has 2 aliphatic rings. The fraction of sp³-hybridized carbons (Fsp3) is 1.00. The molecule has 0 radical (unpaired) electrons. The molecule has 0 amide bonds. The topological polar surface area (TPSA) is 20.2 Å². The average Bonchev–Trinajstić information content (AvgIpc) is 1.98. The van der Waals surface area contributed by atoms with Crippen molar-refractivity contribution in [2.75, 3.05) is 0 Å². The van der Waals surface area contributed by atoms with E-state index in [2.05, 4.69) is 6.92 Å². The monoisotopic (exact) mass is 182 g/mol. The highest BCUT2D eigenvalue weighted by Crippen LogP contribution is 2.41. The molecule has 2 rings (SSSR count). The van der Waals surface area contributed by atoms with Gasteiger partial charge in [0.05, 0.1) is 5.60 Å². The van der Waals surface area contributed by atoms with Gasteiger partial charge in [-0.25, -0.2) is 0 Å². The lowest BCUT2D eigenvalue weighted by Gasteiger charge is -2.40. The van der Waals surface area contributed by atoms with Crippen molar-refractivity contribution in [3.8, 4) is 0 Å². The highest BCUT2D eigenvalue weighted by Gasteiger charge is 2.36. The summed E-state index contributed by atoms with van der Waals surface area (Å²) in [4.78, 5) is 0. The van der Waals surface area contributed by atoms with Crippen LogP contribution in [0.25, 0.3) is 0 Å². The molecule has 1 N–H and O–H groups in total. The third kappa shape index (κ3) is 2.07. The van der Waals surface area contributed by atoms with Gasteiger partial charge in [-0.05, 0) is 38.0 Å². The maximum absolute atomic E-state index is 10.2. The van der Waals surface area contributed by atoms with Crippen LogP contribution in [0.15, 0.2) is 0 Å². The summed E-state index contributed by atoms with van der Waals surface area (Å²) in [5.41, 5.74) is -0.339. The van der Waals surface area contributed by atoms with E-state index in [0.717, 1.165) is 12.3 Å². The first-order chi connectivity index (χ1) is 6.18. The SMILES string of the molecule is C[C@@]1(O)CCCC[C@H]1CC1CCC1. The first kappa shape index (κ1) is 9.51. The zero-order chi connectivity index (χ0) is 9.31. The Hall–Kier alpha value is -0.0400. The van der Waals surface area contributed by atoms with Gasteiger partial charge in [0.1, 0.15) is 0 Å². The summed E-state index contributed by atoms with van der Waals surface area (Å²) < 4.78 is 0. The van der Waals surface area contributed by atoms with Gasteiger partial charge in [0.15, 0.2) is 0 Å². The molecule has 1 heteroatoms. The molecule has 76 valence electrons. The summed E-state index contributed by atoms with van der Waals surface area (Å²) >= 11 is 0. The van der Waals surface area contributed by atoms with Crippen molar-refractivity contribution in [1.29, 1.82) is 0 Å². The Balaban J connectivity index is 1.87. The minimum atomic E-state index is -0.339. The molecular formula is C12H22O. The number of aliphatic hydroxyl groups is 1. The van der Waals surface area contributed by atoms with Crippen molar-refractivity contribution in [1.82, 2.24) is 0 Å². The van der Waals surface area contributed by atoms with Crippen LogP contribution in [-0.4, -0.2) is 10.7 Å². The van der Waals surface area contributed by atoms with Gasteiger partial charge in [-0.3, -0.25) is 0 Å². The molecule has 1 nitrogen and oxygen atoms in total. The van der Waals surface area contributed by atoms with E-state index in [1.165, 1.54) is 44.9 Å². The second-order valence-electron chi connectivity index (χ2n) is 5.33. The summed E-state index contributed by atoms with van der Waals surface area (Å²) in [7, 11) is 0. The summed E-state index contributed by atoms with van der Waals surface area (Å²) in [5, 5.41) is 10.2. The lowest BCUT2D eigenvalue weighted by atomic mass is 9.69. The Morgan fingerprint density at radius 3 is 2.46 bits per heavy atom. The van der Waals surface area contributed by atoms with Gasteiger partial charge in [0.25, 0.3) is 0 Å². The van der Waals surface area contributed by atoms with E-state index >= 15 is 0 Å². The summed E-state index contributed by atoms with van der Waals surface area (Å²) in [6, 6.07) is 0. The molecule has 2 atom stereocenters. The molecule has 0 aliphatic heterocycles. The predicted molar refractivity (Wildman–Crippen MR) is 54.5 cm³/mol. The molecule has 0 spiro atoms. The normalized spacial score (nSPS) is 41.5. The van der Waals surface area contributed by atoms with Gasteiger partial charge < -0.3 is 5.11 Å². The molecule has 0 bridgehead atoms. The van der Waals surface area contributed by atoms with E-state index in [4.69, 9.17) is 0 Å². The number of hydrogen-bond acceptors (Lipinski definition) is 1. The largest absolute Gasteiger partial charge is 0.390 e. The Morgan fingerprint density at radius 1 is 1.15 bits per heavy atom. The maximum Gasteiger partial charge on any atom is 0.0647 e. The van der Waals surface area contributed by atoms with E-state index in [-0.39, 0.29) is 5.60 Å². The molecule has 0 aromatic rings. The molecule has 0 unspecified atom stereocenters. The minimum absolute atomic E-state index is 0.339. The van der Waals surface area contributed by atoms with E-state index in [9.17, 15) is 5.11 Å². The Kier molecular flexibility index (Phi) is 2.64. The minimum Gasteiger partial charge on any atom is -0.390 e. The Morgan fingerprint density at radius 2 is 1.92 bits per heavy atom. The van der Waals surface area contributed by atoms with Crippen LogP contribution < -0.4 is 0 Å². The smallest absolute Gasteiger partial charge is 0.0647 e. The molecule has 2 fully saturated rings. The van der Waals surface area contributed by atoms with Crippen molar-refractivity contribution >= 4 is 0 Å². The average molecular weight is 182 g/mol. The molecule has 0 saturated heterocycles. The zero-order valence-corrected chi connectivity index (χ0v) is 8.76. The summed E-state index contributed by atoms with van der Waals surface area (Å²) in [6.45, 7) is 2.05. The van der Waals surface area contributed by atoms with Crippen molar-refractivity contribution in [2.45, 2.75) is 63.9 Å². The lowest BCUT2D eigenvalue weighted by molar-refractivity contribution is -0.0450. The van der Waals surface area contributed by atoms with Gasteiger partial charge in [0, 0.05) is 0 Å². The molecule has 13 heavy (non-hydrogen) atoms. The van der Waals surface area contributed by atoms with Crippen LogP contribution in [0.4, 0.5) is 0 Å². The van der Waals surface area contributed by atoms with E-state index in [1.807, 2.05) is 0 Å². The summed E-state index contributed by atoms with van der Waals surface area (Å²) in [6.07, 6.45) is 10.4. The fourth-order valence-corrected chi connectivity index (χ4v) is 2.89. The number of hydrogen-bond donors (Lipinski definition) is 1. The highest BCUT2D eigenvalue weighted by atomic mass is 16.3. The third-order valence-electron chi connectivity index (χ3n) is 4.21. The van der Waals surface area contributed by atoms with Crippen molar-refractivity contribution in [3.63, 3.8) is 0 Å². The Labute approximate surface area is 81.5 Å². The molecule has 2 aliphatic carbocycles. The molecule has 2 saturated carbocycles. The second-order valence-corrected chi connectivity index (χ2v) is 5.33. The highest BCUT2D eigenvalue weighted by molar-refractivity contribution is 4.88. The summed E-state index contributed by atoms with van der Waals surface area (Å²) in [5.74, 6) is 1.56. The van der Waals surface area contributed by atoms with Crippen molar-refractivity contribution in [2.24, 2.45) is 11.8 Å². The van der Waals surface area contributed by atoms with Gasteiger partial charge in [-0.15, -0.1) is 0 Å². The fourth-order valence-electron chi connectivity index (χ4n) is 2.89. The van der Waals surface area contributed by atoms with Gasteiger partial charge in [-0.1, -0.05) is 32.1 Å². The van der Waals surface area contributed by atoms with Crippen LogP contribution in [0.5, 0.6) is 0 Å². The first-order valence-corrected chi connectivity index (χ1v) is 5.91. The third-order valence-corrected chi connectivity index (χ3v) is 4.21. The van der Waals surface area contributed by atoms with Crippen LogP contribution >= 0.6 is 0 Å². The molecule has 0 aromatic heterocycles. The second kappa shape index (κ2) is 3.61. The molecule has 0 aromatic carbocycles. The molecular weight excluding hydrogens is 160 g/mol. The van der Waals surface area contributed by atoms with Crippen LogP contribution in [0.1, 0.15) is 58.3 Å². The maximum atomic E-state index is 10.2. The van der Waals surface area contributed by atoms with Gasteiger partial charge >= 0.3 is 0 Å². The standard InChI is InChI=1S/C12H22O/c1-12(13)8-3-2-7-11(12)9-10-5-4-6-10/h10-11,13H,2-9H2,1H3/t11-,12+/m0/s1. The van der Waals surface area contributed by atoms with Crippen molar-refractivity contribution < 1.29 is 5.11 Å². The van der Waals surface area contributed by atoms with Crippen LogP contribution in [0.3, 0.4) is 0 Å². The van der Waals surface area contributed by atoms with E-state index in [1.54, 1.807) is 0 Å². The zero-order valence-electron chi connectivity index (χ0n) is 8.76. The van der Waals surface area contributed by atoms with Gasteiger partial charge in [0.2, 0.25) is 0 Å². The first-order valence-electron chi connectivity index (χ1n) is 5.91. The van der Waals surface area contributed by atoms with E-state index < -0.39 is 0 Å². The van der Waals surface area contributed by atoms with Crippen LogP contribution in [0, 0.1) is 11.8 Å². The lowest BCUT2D eigenvalue weighted by Crippen LogP contribution is -2.39.